The highest BCUT2D eigenvalue weighted by Crippen LogP contribution is 2.50. The smallest absolute Gasteiger partial charge is 0.238 e. The van der Waals surface area contributed by atoms with E-state index in [0.717, 1.165) is 23.8 Å². The van der Waals surface area contributed by atoms with Crippen molar-refractivity contribution in [3.8, 4) is 6.07 Å². The van der Waals surface area contributed by atoms with Crippen molar-refractivity contribution in [1.82, 2.24) is 0 Å². The molecule has 4 atom stereocenters. The molecule has 1 heterocycles. The molecule has 1 saturated heterocycles. The van der Waals surface area contributed by atoms with Crippen LogP contribution in [0.2, 0.25) is 0 Å². The molecule has 110 valence electrons. The molecular weight excluding hydrogens is 283 g/mol. The number of hydrogen-bond acceptors (Lipinski definition) is 3. The molecule has 0 N–H and O–H groups in total. The van der Waals surface area contributed by atoms with Crippen molar-refractivity contribution in [3.05, 3.63) is 41.7 Å². The number of nitrogens with zero attached hydrogens (tertiary/aromatic N) is 2. The lowest BCUT2D eigenvalue weighted by atomic mass is 9.63. The van der Waals surface area contributed by atoms with Gasteiger partial charge in [-0.3, -0.25) is 9.59 Å². The number of carbonyl (C=O) groups is 2. The molecule has 0 unspecified atom stereocenters. The first-order valence-electron chi connectivity index (χ1n) is 7.37. The number of fused-ring (bicyclic) bond motifs is 1. The standard InChI is InChI=1S/C17H13FN2O2/c18-13-6-5-12(7-11(13)8-19)20-16(21)14-9-1-2-10(4-3-9)15(14)17(20)22/h1-2,5-7,9-10,14-15H,3-4H2/t9-,10+,14-,15+. The molecule has 1 saturated carbocycles. The molecule has 0 radical (unpaired) electrons. The van der Waals surface area contributed by atoms with E-state index in [0.29, 0.717) is 5.69 Å². The van der Waals surface area contributed by atoms with Crippen LogP contribution in [0.5, 0.6) is 0 Å². The first kappa shape index (κ1) is 13.2. The number of carbonyl (C=O) groups excluding carboxylic acids is 2. The van der Waals surface area contributed by atoms with Gasteiger partial charge in [0.15, 0.2) is 0 Å². The zero-order chi connectivity index (χ0) is 15.4. The van der Waals surface area contributed by atoms with E-state index in [1.54, 1.807) is 6.07 Å². The highest BCUT2D eigenvalue weighted by atomic mass is 19.1. The number of hydrogen-bond donors (Lipinski definition) is 0. The van der Waals surface area contributed by atoms with Crippen LogP contribution in [-0.4, -0.2) is 11.8 Å². The van der Waals surface area contributed by atoms with Crippen molar-refractivity contribution in [2.75, 3.05) is 4.90 Å². The van der Waals surface area contributed by atoms with Gasteiger partial charge in [-0.05, 0) is 42.9 Å². The van der Waals surface area contributed by atoms with E-state index in [4.69, 9.17) is 5.26 Å². The van der Waals surface area contributed by atoms with Crippen molar-refractivity contribution in [3.63, 3.8) is 0 Å². The number of rotatable bonds is 1. The molecule has 2 fully saturated rings. The van der Waals surface area contributed by atoms with Gasteiger partial charge in [0.05, 0.1) is 23.1 Å². The van der Waals surface area contributed by atoms with Crippen LogP contribution in [0.3, 0.4) is 0 Å². The summed E-state index contributed by atoms with van der Waals surface area (Å²) in [6, 6.07) is 5.54. The fourth-order valence-corrected chi connectivity index (χ4v) is 4.07. The molecule has 2 bridgehead atoms. The number of halogens is 1. The van der Waals surface area contributed by atoms with Crippen LogP contribution >= 0.6 is 0 Å². The van der Waals surface area contributed by atoms with Crippen molar-refractivity contribution in [1.29, 1.82) is 5.26 Å². The molecule has 4 aliphatic rings. The van der Waals surface area contributed by atoms with Gasteiger partial charge in [0, 0.05) is 0 Å². The van der Waals surface area contributed by atoms with Gasteiger partial charge < -0.3 is 0 Å². The van der Waals surface area contributed by atoms with E-state index >= 15 is 0 Å². The van der Waals surface area contributed by atoms with E-state index in [2.05, 4.69) is 12.2 Å². The summed E-state index contributed by atoms with van der Waals surface area (Å²) >= 11 is 0. The maximum atomic E-state index is 13.5. The number of allylic oxidation sites excluding steroid dienone is 2. The Morgan fingerprint density at radius 1 is 1.09 bits per heavy atom. The minimum absolute atomic E-state index is 0.118. The van der Waals surface area contributed by atoms with Gasteiger partial charge in [0.2, 0.25) is 11.8 Å². The van der Waals surface area contributed by atoms with Crippen LogP contribution in [0, 0.1) is 40.8 Å². The summed E-state index contributed by atoms with van der Waals surface area (Å²) < 4.78 is 13.5. The predicted molar refractivity (Wildman–Crippen MR) is 75.9 cm³/mol. The highest BCUT2D eigenvalue weighted by molar-refractivity contribution is 6.22. The van der Waals surface area contributed by atoms with Crippen LogP contribution in [0.4, 0.5) is 10.1 Å². The average Bonchev–Trinajstić information content (AvgIpc) is 2.83. The Morgan fingerprint density at radius 3 is 2.18 bits per heavy atom. The van der Waals surface area contributed by atoms with Crippen molar-refractivity contribution >= 4 is 17.5 Å². The second kappa shape index (κ2) is 4.51. The third-order valence-electron chi connectivity index (χ3n) is 5.09. The average molecular weight is 296 g/mol. The van der Waals surface area contributed by atoms with E-state index < -0.39 is 5.82 Å². The summed E-state index contributed by atoms with van der Waals surface area (Å²) in [5, 5.41) is 8.93. The maximum absolute atomic E-state index is 13.5. The van der Waals surface area contributed by atoms with Crippen molar-refractivity contribution in [2.24, 2.45) is 23.7 Å². The quantitative estimate of drug-likeness (QED) is 0.590. The number of benzene rings is 1. The summed E-state index contributed by atoms with van der Waals surface area (Å²) in [4.78, 5) is 26.6. The monoisotopic (exact) mass is 296 g/mol. The number of amides is 2. The van der Waals surface area contributed by atoms with Crippen LogP contribution in [0.1, 0.15) is 18.4 Å². The lowest BCUT2D eigenvalue weighted by molar-refractivity contribution is -0.124. The fourth-order valence-electron chi connectivity index (χ4n) is 4.07. The largest absolute Gasteiger partial charge is 0.274 e. The lowest BCUT2D eigenvalue weighted by Gasteiger charge is -2.38. The van der Waals surface area contributed by atoms with Crippen molar-refractivity contribution in [2.45, 2.75) is 12.8 Å². The molecule has 3 aliphatic carbocycles. The lowest BCUT2D eigenvalue weighted by Crippen LogP contribution is -2.38. The van der Waals surface area contributed by atoms with Gasteiger partial charge >= 0.3 is 0 Å². The number of anilines is 1. The van der Waals surface area contributed by atoms with Gasteiger partial charge in [-0.2, -0.15) is 5.26 Å². The zero-order valence-electron chi connectivity index (χ0n) is 11.7. The van der Waals surface area contributed by atoms with E-state index in [1.165, 1.54) is 12.1 Å². The van der Waals surface area contributed by atoms with Crippen LogP contribution in [-0.2, 0) is 9.59 Å². The van der Waals surface area contributed by atoms with Crippen LogP contribution < -0.4 is 4.90 Å². The van der Waals surface area contributed by atoms with E-state index in [9.17, 15) is 14.0 Å². The molecule has 2 amide bonds. The minimum atomic E-state index is -0.649. The van der Waals surface area contributed by atoms with Crippen LogP contribution in [0.25, 0.3) is 0 Å². The normalized spacial score (nSPS) is 32.3. The Labute approximate surface area is 126 Å². The second-order valence-electron chi connectivity index (χ2n) is 6.13. The molecular formula is C17H13FN2O2. The zero-order valence-corrected chi connectivity index (χ0v) is 11.7. The van der Waals surface area contributed by atoms with E-state index in [1.807, 2.05) is 0 Å². The summed E-state index contributed by atoms with van der Waals surface area (Å²) in [5.41, 5.74) is 0.135. The van der Waals surface area contributed by atoms with Gasteiger partial charge in [0.1, 0.15) is 11.9 Å². The predicted octanol–water partition coefficient (Wildman–Crippen LogP) is 2.40. The SMILES string of the molecule is N#Cc1cc(N2C(=O)[C@@H]3[C@H](C2=O)[C@@H]2C=C[C@H]3CC2)ccc1F. The molecule has 1 aromatic carbocycles. The minimum Gasteiger partial charge on any atom is -0.274 e. The summed E-state index contributed by atoms with van der Waals surface area (Å²) in [6.45, 7) is 0. The molecule has 0 aromatic heterocycles. The number of imide groups is 1. The van der Waals surface area contributed by atoms with Gasteiger partial charge in [-0.25, -0.2) is 9.29 Å². The molecule has 22 heavy (non-hydrogen) atoms. The molecule has 5 heteroatoms. The van der Waals surface area contributed by atoms with Crippen molar-refractivity contribution < 1.29 is 14.0 Å². The summed E-state index contributed by atoms with van der Waals surface area (Å²) in [5.74, 6) is -1.45. The molecule has 1 aromatic rings. The summed E-state index contributed by atoms with van der Waals surface area (Å²) in [6.07, 6.45) is 5.97. The Morgan fingerprint density at radius 2 is 1.68 bits per heavy atom. The third kappa shape index (κ3) is 1.61. The molecule has 0 spiro atoms. The third-order valence-corrected chi connectivity index (χ3v) is 5.09. The van der Waals surface area contributed by atoms with E-state index in [-0.39, 0.29) is 41.0 Å². The Bertz CT molecular complexity index is 732. The Hall–Kier alpha value is -2.48. The first-order valence-corrected chi connectivity index (χ1v) is 7.37. The Kier molecular flexibility index (Phi) is 2.70. The van der Waals surface area contributed by atoms with Crippen LogP contribution in [0.15, 0.2) is 30.4 Å². The second-order valence-corrected chi connectivity index (χ2v) is 6.13. The maximum Gasteiger partial charge on any atom is 0.238 e. The Balaban J connectivity index is 1.77. The number of nitriles is 1. The summed E-state index contributed by atoms with van der Waals surface area (Å²) in [7, 11) is 0. The first-order chi connectivity index (χ1) is 10.6. The molecule has 1 aliphatic heterocycles. The van der Waals surface area contributed by atoms with Gasteiger partial charge in [0.25, 0.3) is 0 Å². The fraction of sp³-hybridized carbons (Fsp3) is 0.353. The highest BCUT2D eigenvalue weighted by Gasteiger charge is 2.56. The topological polar surface area (TPSA) is 61.2 Å². The van der Waals surface area contributed by atoms with Gasteiger partial charge in [-0.15, -0.1) is 0 Å². The molecule has 4 nitrogen and oxygen atoms in total. The molecule has 5 rings (SSSR count). The van der Waals surface area contributed by atoms with Gasteiger partial charge in [-0.1, -0.05) is 12.2 Å².